The van der Waals surface area contributed by atoms with E-state index < -0.39 is 5.82 Å². The fourth-order valence-corrected chi connectivity index (χ4v) is 2.77. The Morgan fingerprint density at radius 2 is 1.83 bits per heavy atom. The molecule has 0 saturated carbocycles. The van der Waals surface area contributed by atoms with Crippen molar-refractivity contribution in [2.45, 2.75) is 19.4 Å². The Morgan fingerprint density at radius 3 is 2.54 bits per heavy atom. The number of nitrogens with one attached hydrogen (secondary N) is 1. The normalized spacial score (nSPS) is 11.9. The van der Waals surface area contributed by atoms with Gasteiger partial charge in [0.05, 0.1) is 18.2 Å². The number of amides is 1. The summed E-state index contributed by atoms with van der Waals surface area (Å²) in [5.41, 5.74) is 2.40. The van der Waals surface area contributed by atoms with Gasteiger partial charge in [-0.1, -0.05) is 42.0 Å². The zero-order chi connectivity index (χ0) is 16.9. The molecule has 0 aliphatic rings. The van der Waals surface area contributed by atoms with Crippen LogP contribution in [0, 0.1) is 12.7 Å². The second kappa shape index (κ2) is 7.13. The predicted molar refractivity (Wildman–Crippen MR) is 93.4 cm³/mol. The van der Waals surface area contributed by atoms with Gasteiger partial charge in [0.25, 0.3) is 0 Å². The zero-order valence-corrected chi connectivity index (χ0v) is 13.4. The van der Waals surface area contributed by atoms with Gasteiger partial charge in [0.1, 0.15) is 5.82 Å². The first-order valence-corrected chi connectivity index (χ1v) is 7.87. The van der Waals surface area contributed by atoms with Gasteiger partial charge < -0.3 is 9.88 Å². The molecule has 4 heteroatoms. The Kier molecular flexibility index (Phi) is 4.75. The Labute approximate surface area is 140 Å². The number of hydrogen-bond donors (Lipinski definition) is 1. The summed E-state index contributed by atoms with van der Waals surface area (Å²) in [6.07, 6.45) is 4.10. The maximum absolute atomic E-state index is 13.7. The van der Waals surface area contributed by atoms with Gasteiger partial charge in [-0.05, 0) is 36.8 Å². The van der Waals surface area contributed by atoms with Gasteiger partial charge in [-0.3, -0.25) is 4.79 Å². The lowest BCUT2D eigenvalue weighted by Crippen LogP contribution is -2.20. The smallest absolute Gasteiger partial charge is 0.226 e. The van der Waals surface area contributed by atoms with Crippen LogP contribution in [0.5, 0.6) is 0 Å². The van der Waals surface area contributed by atoms with E-state index in [4.69, 9.17) is 0 Å². The third-order valence-electron chi connectivity index (χ3n) is 3.94. The molecule has 3 aromatic rings. The molecule has 1 atom stereocenters. The molecule has 2 aromatic carbocycles. The zero-order valence-electron chi connectivity index (χ0n) is 13.4. The third kappa shape index (κ3) is 3.71. The standard InChI is InChI=1S/C20H19FN2O/c1-15-7-6-8-16(13-15)19(23-11-4-5-12-23)14-20(24)22-18-10-3-2-9-17(18)21/h2-13,19H,14H2,1H3,(H,22,24)/t19-/m1/s1. The van der Waals surface area contributed by atoms with Crippen molar-refractivity contribution >= 4 is 11.6 Å². The minimum absolute atomic E-state index is 0.133. The fourth-order valence-electron chi connectivity index (χ4n) is 2.77. The number of carbonyl (C=O) groups is 1. The molecule has 0 radical (unpaired) electrons. The van der Waals surface area contributed by atoms with Crippen molar-refractivity contribution in [3.63, 3.8) is 0 Å². The van der Waals surface area contributed by atoms with Crippen molar-refractivity contribution in [1.82, 2.24) is 4.57 Å². The van der Waals surface area contributed by atoms with E-state index in [9.17, 15) is 9.18 Å². The van der Waals surface area contributed by atoms with Crippen molar-refractivity contribution in [1.29, 1.82) is 0 Å². The average Bonchev–Trinajstić information content (AvgIpc) is 3.09. The summed E-state index contributed by atoms with van der Waals surface area (Å²) in [6, 6.07) is 18.0. The second-order valence-electron chi connectivity index (χ2n) is 5.79. The van der Waals surface area contributed by atoms with E-state index in [1.54, 1.807) is 18.2 Å². The highest BCUT2D eigenvalue weighted by atomic mass is 19.1. The van der Waals surface area contributed by atoms with Gasteiger partial charge >= 0.3 is 0 Å². The molecule has 24 heavy (non-hydrogen) atoms. The Morgan fingerprint density at radius 1 is 1.08 bits per heavy atom. The highest BCUT2D eigenvalue weighted by molar-refractivity contribution is 5.91. The maximum atomic E-state index is 13.7. The number of carbonyl (C=O) groups excluding carboxylic acids is 1. The summed E-state index contributed by atoms with van der Waals surface area (Å²) in [7, 11) is 0. The number of hydrogen-bond acceptors (Lipinski definition) is 1. The molecule has 0 saturated heterocycles. The van der Waals surface area contributed by atoms with E-state index in [0.717, 1.165) is 11.1 Å². The quantitative estimate of drug-likeness (QED) is 0.734. The second-order valence-corrected chi connectivity index (χ2v) is 5.79. The summed E-state index contributed by atoms with van der Waals surface area (Å²) in [6.45, 7) is 2.02. The van der Waals surface area contributed by atoms with Crippen molar-refractivity contribution in [2.75, 3.05) is 5.32 Å². The molecule has 1 amide bonds. The molecule has 3 rings (SSSR count). The van der Waals surface area contributed by atoms with Crippen molar-refractivity contribution in [2.24, 2.45) is 0 Å². The van der Waals surface area contributed by atoms with E-state index in [0.29, 0.717) is 0 Å². The summed E-state index contributed by atoms with van der Waals surface area (Å²) < 4.78 is 15.7. The number of halogens is 1. The van der Waals surface area contributed by atoms with E-state index in [-0.39, 0.29) is 24.1 Å². The molecule has 0 bridgehead atoms. The van der Waals surface area contributed by atoms with Gasteiger partial charge in [0.2, 0.25) is 5.91 Å². The van der Waals surface area contributed by atoms with Crippen LogP contribution in [0.2, 0.25) is 0 Å². The summed E-state index contributed by atoms with van der Waals surface area (Å²) in [5, 5.41) is 2.66. The highest BCUT2D eigenvalue weighted by Crippen LogP contribution is 2.24. The van der Waals surface area contributed by atoms with Crippen LogP contribution >= 0.6 is 0 Å². The van der Waals surface area contributed by atoms with Crippen LogP contribution in [0.1, 0.15) is 23.6 Å². The molecule has 122 valence electrons. The van der Waals surface area contributed by atoms with Crippen LogP contribution in [-0.2, 0) is 4.79 Å². The van der Waals surface area contributed by atoms with Gasteiger partial charge in [-0.25, -0.2) is 4.39 Å². The van der Waals surface area contributed by atoms with Crippen LogP contribution in [-0.4, -0.2) is 10.5 Å². The molecule has 1 heterocycles. The van der Waals surface area contributed by atoms with Crippen molar-refractivity contribution in [3.8, 4) is 0 Å². The largest absolute Gasteiger partial charge is 0.346 e. The van der Waals surface area contributed by atoms with E-state index >= 15 is 0 Å². The number of benzene rings is 2. The van der Waals surface area contributed by atoms with Crippen LogP contribution < -0.4 is 5.32 Å². The van der Waals surface area contributed by atoms with Gasteiger partial charge in [-0.15, -0.1) is 0 Å². The minimum atomic E-state index is -0.432. The number of anilines is 1. The SMILES string of the molecule is Cc1cccc([C@@H](CC(=O)Nc2ccccc2F)n2cccc2)c1. The predicted octanol–water partition coefficient (Wildman–Crippen LogP) is 4.55. The first kappa shape index (κ1) is 16.0. The lowest BCUT2D eigenvalue weighted by molar-refractivity contribution is -0.116. The Balaban J connectivity index is 1.82. The molecule has 0 aliphatic heterocycles. The van der Waals surface area contributed by atoms with E-state index in [2.05, 4.69) is 11.4 Å². The summed E-state index contributed by atoms with van der Waals surface area (Å²) in [4.78, 5) is 12.4. The highest BCUT2D eigenvalue weighted by Gasteiger charge is 2.18. The lowest BCUT2D eigenvalue weighted by Gasteiger charge is -2.20. The molecule has 0 unspecified atom stereocenters. The monoisotopic (exact) mass is 322 g/mol. The number of nitrogens with zero attached hydrogens (tertiary/aromatic N) is 1. The lowest BCUT2D eigenvalue weighted by atomic mass is 10.0. The Hall–Kier alpha value is -2.88. The van der Waals surface area contributed by atoms with Crippen LogP contribution in [0.4, 0.5) is 10.1 Å². The summed E-state index contributed by atoms with van der Waals surface area (Å²) in [5.74, 6) is -0.653. The molecular weight excluding hydrogens is 303 g/mol. The molecular formula is C20H19FN2O. The summed E-state index contributed by atoms with van der Waals surface area (Å²) >= 11 is 0. The molecule has 0 fully saturated rings. The first-order chi connectivity index (χ1) is 11.6. The number of aryl methyl sites for hydroxylation is 1. The van der Waals surface area contributed by atoms with Crippen LogP contribution in [0.15, 0.2) is 73.1 Å². The first-order valence-electron chi connectivity index (χ1n) is 7.87. The molecule has 1 aromatic heterocycles. The van der Waals surface area contributed by atoms with Gasteiger partial charge in [-0.2, -0.15) is 0 Å². The van der Waals surface area contributed by atoms with E-state index in [1.165, 1.54) is 6.07 Å². The molecule has 0 spiro atoms. The number of aromatic nitrogens is 1. The molecule has 0 aliphatic carbocycles. The van der Waals surface area contributed by atoms with Crippen LogP contribution in [0.3, 0.4) is 0 Å². The number of rotatable bonds is 5. The molecule has 3 nitrogen and oxygen atoms in total. The number of para-hydroxylation sites is 1. The topological polar surface area (TPSA) is 34.0 Å². The van der Waals surface area contributed by atoms with E-state index in [1.807, 2.05) is 54.2 Å². The van der Waals surface area contributed by atoms with Crippen molar-refractivity contribution < 1.29 is 9.18 Å². The van der Waals surface area contributed by atoms with Gasteiger partial charge in [0.15, 0.2) is 0 Å². The van der Waals surface area contributed by atoms with Crippen LogP contribution in [0.25, 0.3) is 0 Å². The molecule has 1 N–H and O–H groups in total. The fraction of sp³-hybridized carbons (Fsp3) is 0.150. The maximum Gasteiger partial charge on any atom is 0.226 e. The average molecular weight is 322 g/mol. The Bertz CT molecular complexity index is 827. The minimum Gasteiger partial charge on any atom is -0.346 e. The van der Waals surface area contributed by atoms with Crippen molar-refractivity contribution in [3.05, 3.63) is 90.0 Å². The third-order valence-corrected chi connectivity index (χ3v) is 3.94. The van der Waals surface area contributed by atoms with Gasteiger partial charge in [0, 0.05) is 12.4 Å².